The molecule has 4 N–H and O–H groups in total. The van der Waals surface area contributed by atoms with Gasteiger partial charge >= 0.3 is 6.09 Å². The molecule has 0 aromatic heterocycles. The number of aromatic hydroxyl groups is 1. The van der Waals surface area contributed by atoms with Gasteiger partial charge < -0.3 is 9.84 Å². The Morgan fingerprint density at radius 1 is 1.03 bits per heavy atom. The fraction of sp³-hybridized carbons (Fsp3) is 0.190. The van der Waals surface area contributed by atoms with Gasteiger partial charge in [-0.3, -0.25) is 20.1 Å². The number of rotatable bonds is 7. The van der Waals surface area contributed by atoms with Gasteiger partial charge in [0.1, 0.15) is 11.9 Å². The van der Waals surface area contributed by atoms with Crippen molar-refractivity contribution in [3.8, 4) is 5.75 Å². The number of carbonyl (C=O) groups is 3. The first kappa shape index (κ1) is 21.6. The Bertz CT molecular complexity index is 890. The molecular weight excluding hydrogens is 376 g/mol. The molecule has 0 unspecified atom stereocenters. The van der Waals surface area contributed by atoms with Crippen LogP contribution in [0.3, 0.4) is 0 Å². The van der Waals surface area contributed by atoms with E-state index in [1.807, 2.05) is 0 Å². The number of carbonyl (C=O) groups excluding carboxylic acids is 3. The van der Waals surface area contributed by atoms with Gasteiger partial charge in [0.2, 0.25) is 0 Å². The van der Waals surface area contributed by atoms with Crippen LogP contribution in [0.4, 0.5) is 10.5 Å². The third kappa shape index (κ3) is 6.47. The Morgan fingerprint density at radius 2 is 1.66 bits per heavy atom. The topological polar surface area (TPSA) is 125 Å². The molecule has 2 amide bonds. The predicted molar refractivity (Wildman–Crippen MR) is 106 cm³/mol. The maximum atomic E-state index is 12.4. The summed E-state index contributed by atoms with van der Waals surface area (Å²) in [5.41, 5.74) is 3.06. The number of ether oxygens (including phenoxy) is 1. The summed E-state index contributed by atoms with van der Waals surface area (Å²) in [5, 5.41) is 20.7. The van der Waals surface area contributed by atoms with Crippen molar-refractivity contribution in [2.45, 2.75) is 20.0 Å². The molecule has 0 bridgehead atoms. The van der Waals surface area contributed by atoms with E-state index in [-0.39, 0.29) is 11.5 Å². The number of hydrogen-bond donors (Lipinski definition) is 4. The molecule has 0 aliphatic heterocycles. The van der Waals surface area contributed by atoms with Crippen molar-refractivity contribution >= 4 is 23.5 Å². The van der Waals surface area contributed by atoms with Crippen molar-refractivity contribution < 1.29 is 29.4 Å². The molecular formula is C21H22N2O6. The van der Waals surface area contributed by atoms with Crippen molar-refractivity contribution in [2.24, 2.45) is 5.92 Å². The number of anilines is 1. The van der Waals surface area contributed by atoms with Gasteiger partial charge in [-0.15, -0.1) is 0 Å². The molecule has 152 valence electrons. The molecule has 0 radical (unpaired) electrons. The van der Waals surface area contributed by atoms with E-state index in [9.17, 15) is 19.5 Å². The summed E-state index contributed by atoms with van der Waals surface area (Å²) in [6, 6.07) is 12.5. The molecule has 8 heteroatoms. The normalized spacial score (nSPS) is 12.8. The first-order valence-corrected chi connectivity index (χ1v) is 8.80. The van der Waals surface area contributed by atoms with Gasteiger partial charge in [-0.1, -0.05) is 25.1 Å². The average Bonchev–Trinajstić information content (AvgIpc) is 2.71. The van der Waals surface area contributed by atoms with Crippen molar-refractivity contribution in [3.05, 3.63) is 71.8 Å². The lowest BCUT2D eigenvalue weighted by Gasteiger charge is -2.23. The first-order valence-electron chi connectivity index (χ1n) is 8.80. The second kappa shape index (κ2) is 10.0. The molecule has 0 fully saturated rings. The summed E-state index contributed by atoms with van der Waals surface area (Å²) in [4.78, 5) is 35.0. The van der Waals surface area contributed by atoms with E-state index >= 15 is 0 Å². The number of amides is 2. The minimum absolute atomic E-state index is 0.0605. The SMILES string of the molecule is CC(=O)c1ccc(NC(=O)O[C@H](c2ccc(O)cc2)[C@@H](C)/C=C/C(=O)NO)cc1. The quantitative estimate of drug-likeness (QED) is 0.244. The van der Waals surface area contributed by atoms with Crippen molar-refractivity contribution in [3.63, 3.8) is 0 Å². The number of hydroxylamine groups is 1. The largest absolute Gasteiger partial charge is 0.508 e. The van der Waals surface area contributed by atoms with Gasteiger partial charge in [-0.25, -0.2) is 10.3 Å². The summed E-state index contributed by atoms with van der Waals surface area (Å²) in [7, 11) is 0. The van der Waals surface area contributed by atoms with Crippen LogP contribution in [0.1, 0.15) is 35.9 Å². The lowest BCUT2D eigenvalue weighted by molar-refractivity contribution is -0.124. The van der Waals surface area contributed by atoms with Crippen LogP contribution in [0.2, 0.25) is 0 Å². The van der Waals surface area contributed by atoms with Crippen LogP contribution in [-0.4, -0.2) is 28.1 Å². The molecule has 2 aromatic rings. The monoisotopic (exact) mass is 398 g/mol. The molecule has 0 aliphatic carbocycles. The lowest BCUT2D eigenvalue weighted by Crippen LogP contribution is -2.22. The van der Waals surface area contributed by atoms with E-state index in [2.05, 4.69) is 5.32 Å². The number of ketones is 1. The van der Waals surface area contributed by atoms with Crippen molar-refractivity contribution in [1.29, 1.82) is 0 Å². The van der Waals surface area contributed by atoms with Crippen LogP contribution in [0.15, 0.2) is 60.7 Å². The number of Topliss-reactive ketones (excluding diaryl/α,β-unsaturated/α-hetero) is 1. The van der Waals surface area contributed by atoms with E-state index in [0.717, 1.165) is 6.08 Å². The first-order chi connectivity index (χ1) is 13.8. The van der Waals surface area contributed by atoms with Crippen LogP contribution in [0.5, 0.6) is 5.75 Å². The number of hydrogen-bond acceptors (Lipinski definition) is 6. The van der Waals surface area contributed by atoms with Crippen LogP contribution < -0.4 is 10.8 Å². The zero-order chi connectivity index (χ0) is 21.4. The standard InChI is InChI=1S/C21H22N2O6/c1-13(3-12-19(26)23-28)20(16-6-10-18(25)11-7-16)29-21(27)22-17-8-4-15(5-9-17)14(2)24/h3-13,20,25,28H,1-2H3,(H,22,27)(H,23,26)/b12-3+/t13-,20-/m0/s1. The number of phenolic OH excluding ortho intramolecular Hbond substituents is 1. The molecule has 29 heavy (non-hydrogen) atoms. The molecule has 2 aromatic carbocycles. The third-order valence-electron chi connectivity index (χ3n) is 4.13. The molecule has 0 saturated carbocycles. The smallest absolute Gasteiger partial charge is 0.412 e. The third-order valence-corrected chi connectivity index (χ3v) is 4.13. The number of nitrogens with one attached hydrogen (secondary N) is 2. The summed E-state index contributed by atoms with van der Waals surface area (Å²) < 4.78 is 5.54. The van der Waals surface area contributed by atoms with Crippen molar-refractivity contribution in [2.75, 3.05) is 5.32 Å². The summed E-state index contributed by atoms with van der Waals surface area (Å²) in [6.45, 7) is 3.18. The predicted octanol–water partition coefficient (Wildman–Crippen LogP) is 3.58. The lowest BCUT2D eigenvalue weighted by atomic mass is 9.96. The average molecular weight is 398 g/mol. The van der Waals surface area contributed by atoms with Crippen LogP contribution in [0.25, 0.3) is 0 Å². The van der Waals surface area contributed by atoms with Crippen LogP contribution in [0, 0.1) is 5.92 Å². The molecule has 0 spiro atoms. The van der Waals surface area contributed by atoms with Gasteiger partial charge in [0.05, 0.1) is 0 Å². The number of benzene rings is 2. The Morgan fingerprint density at radius 3 is 2.21 bits per heavy atom. The minimum atomic E-state index is -0.769. The van der Waals surface area contributed by atoms with E-state index < -0.39 is 24.0 Å². The maximum absolute atomic E-state index is 12.4. The summed E-state index contributed by atoms with van der Waals surface area (Å²) in [6.07, 6.45) is 1.11. The second-order valence-electron chi connectivity index (χ2n) is 6.37. The highest BCUT2D eigenvalue weighted by atomic mass is 16.6. The van der Waals surface area contributed by atoms with E-state index in [4.69, 9.17) is 9.94 Å². The Kier molecular flexibility index (Phi) is 7.50. The molecule has 2 atom stereocenters. The van der Waals surface area contributed by atoms with Gasteiger partial charge in [-0.2, -0.15) is 0 Å². The van der Waals surface area contributed by atoms with Crippen LogP contribution in [-0.2, 0) is 9.53 Å². The summed E-state index contributed by atoms with van der Waals surface area (Å²) >= 11 is 0. The minimum Gasteiger partial charge on any atom is -0.508 e. The Balaban J connectivity index is 2.16. The number of phenols is 1. The molecule has 2 rings (SSSR count). The van der Waals surface area contributed by atoms with Crippen molar-refractivity contribution in [1.82, 2.24) is 5.48 Å². The van der Waals surface area contributed by atoms with E-state index in [1.165, 1.54) is 30.6 Å². The van der Waals surface area contributed by atoms with Crippen LogP contribution >= 0.6 is 0 Å². The molecule has 0 heterocycles. The maximum Gasteiger partial charge on any atom is 0.412 e. The summed E-state index contributed by atoms with van der Waals surface area (Å²) in [5.74, 6) is -1.16. The molecule has 8 nitrogen and oxygen atoms in total. The molecule has 0 aliphatic rings. The fourth-order valence-corrected chi connectivity index (χ4v) is 2.57. The van der Waals surface area contributed by atoms with Gasteiger partial charge in [0, 0.05) is 23.2 Å². The fourth-order valence-electron chi connectivity index (χ4n) is 2.57. The zero-order valence-electron chi connectivity index (χ0n) is 16.0. The Labute approximate surface area is 167 Å². The zero-order valence-corrected chi connectivity index (χ0v) is 16.0. The van der Waals surface area contributed by atoms with Gasteiger partial charge in [-0.05, 0) is 48.9 Å². The highest BCUT2D eigenvalue weighted by molar-refractivity contribution is 5.95. The van der Waals surface area contributed by atoms with E-state index in [0.29, 0.717) is 16.8 Å². The Hall–Kier alpha value is -3.65. The highest BCUT2D eigenvalue weighted by Gasteiger charge is 2.22. The highest BCUT2D eigenvalue weighted by Crippen LogP contribution is 2.29. The molecule has 0 saturated heterocycles. The van der Waals surface area contributed by atoms with Gasteiger partial charge in [0.25, 0.3) is 5.91 Å². The van der Waals surface area contributed by atoms with E-state index in [1.54, 1.807) is 43.3 Å². The van der Waals surface area contributed by atoms with Gasteiger partial charge in [0.15, 0.2) is 5.78 Å². The second-order valence-corrected chi connectivity index (χ2v) is 6.37.